The molecule has 0 atom stereocenters. The summed E-state index contributed by atoms with van der Waals surface area (Å²) < 4.78 is 0. The molecule has 1 aromatic carbocycles. The molecule has 1 aromatic rings. The Balaban J connectivity index is 1.71. The summed E-state index contributed by atoms with van der Waals surface area (Å²) in [6, 6.07) is 8.14. The molecular weight excluding hydrogens is 238 g/mol. The first kappa shape index (κ1) is 14.2. The summed E-state index contributed by atoms with van der Waals surface area (Å²) in [7, 11) is 0. The average Bonchev–Trinajstić information content (AvgIpc) is 2.45. The fourth-order valence-electron chi connectivity index (χ4n) is 2.54. The van der Waals surface area contributed by atoms with Crippen LogP contribution in [-0.2, 0) is 0 Å². The normalized spacial score (nSPS) is 16.8. The molecule has 1 heterocycles. The lowest BCUT2D eigenvalue weighted by atomic mass is 10.2. The van der Waals surface area contributed by atoms with Crippen LogP contribution in [0.5, 0.6) is 0 Å². The van der Waals surface area contributed by atoms with E-state index in [1.807, 2.05) is 12.1 Å². The van der Waals surface area contributed by atoms with Crippen LogP contribution in [0.25, 0.3) is 0 Å². The van der Waals surface area contributed by atoms with Crippen LogP contribution in [0, 0.1) is 0 Å². The fourth-order valence-corrected chi connectivity index (χ4v) is 2.54. The average molecular weight is 263 g/mol. The largest absolute Gasteiger partial charge is 0.399 e. The summed E-state index contributed by atoms with van der Waals surface area (Å²) in [6.07, 6.45) is 3.27. The Hall–Kier alpha value is -1.26. The first-order valence-corrected chi connectivity index (χ1v) is 7.23. The molecule has 1 aliphatic rings. The third-order valence-corrected chi connectivity index (χ3v) is 3.76. The second-order valence-corrected chi connectivity index (χ2v) is 5.20. The third kappa shape index (κ3) is 4.40. The van der Waals surface area contributed by atoms with E-state index in [0.29, 0.717) is 6.61 Å². The molecule has 0 bridgehead atoms. The molecular formula is C15H25N3O. The number of nitrogens with two attached hydrogens (primary N) is 1. The Labute approximate surface area is 115 Å². The van der Waals surface area contributed by atoms with Gasteiger partial charge in [-0.1, -0.05) is 0 Å². The van der Waals surface area contributed by atoms with Gasteiger partial charge in [0.25, 0.3) is 0 Å². The minimum atomic E-state index is 0.324. The van der Waals surface area contributed by atoms with Gasteiger partial charge < -0.3 is 15.7 Å². The topological polar surface area (TPSA) is 52.7 Å². The number of nitrogens with zero attached hydrogens (tertiary/aromatic N) is 2. The van der Waals surface area contributed by atoms with Gasteiger partial charge in [0.2, 0.25) is 0 Å². The van der Waals surface area contributed by atoms with E-state index >= 15 is 0 Å². The van der Waals surface area contributed by atoms with Gasteiger partial charge in [0.15, 0.2) is 0 Å². The van der Waals surface area contributed by atoms with Gasteiger partial charge in [0, 0.05) is 44.2 Å². The lowest BCUT2D eigenvalue weighted by Gasteiger charge is -2.36. The van der Waals surface area contributed by atoms with Crippen molar-refractivity contribution in [2.45, 2.75) is 19.3 Å². The number of hydrogen-bond donors (Lipinski definition) is 2. The smallest absolute Gasteiger partial charge is 0.0431 e. The molecule has 0 aliphatic carbocycles. The number of aliphatic hydroxyl groups is 1. The highest BCUT2D eigenvalue weighted by Gasteiger charge is 2.16. The van der Waals surface area contributed by atoms with Crippen molar-refractivity contribution in [1.29, 1.82) is 0 Å². The predicted molar refractivity (Wildman–Crippen MR) is 80.4 cm³/mol. The van der Waals surface area contributed by atoms with Crippen LogP contribution in [0.4, 0.5) is 11.4 Å². The van der Waals surface area contributed by atoms with Crippen LogP contribution in [-0.4, -0.2) is 49.3 Å². The van der Waals surface area contributed by atoms with Gasteiger partial charge in [0.1, 0.15) is 0 Å². The molecule has 0 unspecified atom stereocenters. The van der Waals surface area contributed by atoms with Crippen molar-refractivity contribution in [2.24, 2.45) is 0 Å². The number of hydrogen-bond acceptors (Lipinski definition) is 4. The zero-order chi connectivity index (χ0) is 13.5. The minimum Gasteiger partial charge on any atom is -0.399 e. The first-order chi connectivity index (χ1) is 9.29. The highest BCUT2D eigenvalue weighted by atomic mass is 16.2. The number of rotatable bonds is 6. The monoisotopic (exact) mass is 263 g/mol. The van der Waals surface area contributed by atoms with Gasteiger partial charge in [-0.25, -0.2) is 0 Å². The molecule has 1 saturated heterocycles. The van der Waals surface area contributed by atoms with Gasteiger partial charge in [-0.2, -0.15) is 0 Å². The highest BCUT2D eigenvalue weighted by Crippen LogP contribution is 2.18. The maximum Gasteiger partial charge on any atom is 0.0431 e. The van der Waals surface area contributed by atoms with Crippen LogP contribution in [0.2, 0.25) is 0 Å². The number of aliphatic hydroxyl groups excluding tert-OH is 1. The van der Waals surface area contributed by atoms with Crippen molar-refractivity contribution < 1.29 is 5.11 Å². The standard InChI is InChI=1S/C15H25N3O/c16-14-4-6-15(7-5-14)18-11-9-17(10-12-18)8-2-1-3-13-19/h4-7,19H,1-3,8-13,16H2. The van der Waals surface area contributed by atoms with E-state index in [1.54, 1.807) is 0 Å². The molecule has 1 aliphatic heterocycles. The second-order valence-electron chi connectivity index (χ2n) is 5.20. The quantitative estimate of drug-likeness (QED) is 0.604. The Kier molecular flexibility index (Phi) is 5.48. The van der Waals surface area contributed by atoms with E-state index in [2.05, 4.69) is 21.9 Å². The van der Waals surface area contributed by atoms with Gasteiger partial charge in [0.05, 0.1) is 0 Å². The van der Waals surface area contributed by atoms with E-state index < -0.39 is 0 Å². The molecule has 3 N–H and O–H groups in total. The van der Waals surface area contributed by atoms with Crippen LogP contribution in [0.1, 0.15) is 19.3 Å². The molecule has 0 aromatic heterocycles. The Morgan fingerprint density at radius 2 is 1.63 bits per heavy atom. The molecule has 4 heteroatoms. The molecule has 0 amide bonds. The molecule has 2 rings (SSSR count). The van der Waals surface area contributed by atoms with Crippen molar-refractivity contribution in [3.05, 3.63) is 24.3 Å². The van der Waals surface area contributed by atoms with Crippen LogP contribution in [0.15, 0.2) is 24.3 Å². The molecule has 0 radical (unpaired) electrons. The number of benzene rings is 1. The van der Waals surface area contributed by atoms with E-state index in [9.17, 15) is 0 Å². The van der Waals surface area contributed by atoms with Crippen LogP contribution < -0.4 is 10.6 Å². The maximum absolute atomic E-state index is 8.75. The predicted octanol–water partition coefficient (Wildman–Crippen LogP) is 1.55. The number of piperazine rings is 1. The van der Waals surface area contributed by atoms with E-state index in [0.717, 1.165) is 51.3 Å². The third-order valence-electron chi connectivity index (χ3n) is 3.76. The number of unbranched alkanes of at least 4 members (excludes halogenated alkanes) is 2. The van der Waals surface area contributed by atoms with E-state index in [-0.39, 0.29) is 0 Å². The van der Waals surface area contributed by atoms with Gasteiger partial charge in [-0.3, -0.25) is 4.90 Å². The lowest BCUT2D eigenvalue weighted by Crippen LogP contribution is -2.46. The molecule has 19 heavy (non-hydrogen) atoms. The minimum absolute atomic E-state index is 0.324. The summed E-state index contributed by atoms with van der Waals surface area (Å²) in [5, 5.41) is 8.75. The molecule has 106 valence electrons. The highest BCUT2D eigenvalue weighted by molar-refractivity contribution is 5.53. The van der Waals surface area contributed by atoms with E-state index in [1.165, 1.54) is 12.1 Å². The summed E-state index contributed by atoms with van der Waals surface area (Å²) in [5.41, 5.74) is 7.81. The maximum atomic E-state index is 8.75. The summed E-state index contributed by atoms with van der Waals surface area (Å²) in [6.45, 7) is 5.92. The van der Waals surface area contributed by atoms with Gasteiger partial charge >= 0.3 is 0 Å². The number of nitrogen functional groups attached to an aromatic ring is 1. The van der Waals surface area contributed by atoms with Crippen molar-refractivity contribution >= 4 is 11.4 Å². The van der Waals surface area contributed by atoms with Gasteiger partial charge in [-0.15, -0.1) is 0 Å². The van der Waals surface area contributed by atoms with E-state index in [4.69, 9.17) is 10.8 Å². The number of anilines is 2. The molecule has 1 fully saturated rings. The molecule has 0 spiro atoms. The fraction of sp³-hybridized carbons (Fsp3) is 0.600. The lowest BCUT2D eigenvalue weighted by molar-refractivity contribution is 0.242. The summed E-state index contributed by atoms with van der Waals surface area (Å²) in [4.78, 5) is 4.94. The molecule has 0 saturated carbocycles. The first-order valence-electron chi connectivity index (χ1n) is 7.23. The molecule has 4 nitrogen and oxygen atoms in total. The SMILES string of the molecule is Nc1ccc(N2CCN(CCCCCO)CC2)cc1. The Bertz CT molecular complexity index is 358. The Morgan fingerprint density at radius 3 is 2.26 bits per heavy atom. The van der Waals surface area contributed by atoms with Gasteiger partial charge in [-0.05, 0) is 50.1 Å². The second kappa shape index (κ2) is 7.36. The van der Waals surface area contributed by atoms with Crippen LogP contribution >= 0.6 is 0 Å². The van der Waals surface area contributed by atoms with Crippen molar-refractivity contribution in [3.8, 4) is 0 Å². The van der Waals surface area contributed by atoms with Crippen molar-refractivity contribution in [1.82, 2.24) is 4.90 Å². The zero-order valence-electron chi connectivity index (χ0n) is 11.6. The zero-order valence-corrected chi connectivity index (χ0v) is 11.6. The van der Waals surface area contributed by atoms with Crippen molar-refractivity contribution in [2.75, 3.05) is 50.0 Å². The van der Waals surface area contributed by atoms with Crippen molar-refractivity contribution in [3.63, 3.8) is 0 Å². The van der Waals surface area contributed by atoms with Crippen LogP contribution in [0.3, 0.4) is 0 Å². The summed E-state index contributed by atoms with van der Waals surface area (Å²) >= 11 is 0. The summed E-state index contributed by atoms with van der Waals surface area (Å²) in [5.74, 6) is 0. The Morgan fingerprint density at radius 1 is 0.947 bits per heavy atom.